The number of nitrogens with two attached hydrogens (primary N) is 1. The molecular weight excluding hydrogens is 668 g/mol. The highest BCUT2D eigenvalue weighted by Gasteiger charge is 2.00. The Bertz CT molecular complexity index is 1080. The molecule has 0 aliphatic carbocycles. The molecule has 51 heavy (non-hydrogen) atoms. The molecular formula is C36H58N2O13. The van der Waals surface area contributed by atoms with Gasteiger partial charge in [0.25, 0.3) is 0 Å². The van der Waals surface area contributed by atoms with E-state index in [0.29, 0.717) is 163 Å². The van der Waals surface area contributed by atoms with Crippen molar-refractivity contribution in [3.63, 3.8) is 0 Å². The second-order valence-electron chi connectivity index (χ2n) is 10.6. The molecule has 1 amide bonds. The number of rotatable bonds is 36. The van der Waals surface area contributed by atoms with Crippen molar-refractivity contribution in [2.75, 3.05) is 156 Å². The number of hydrogen-bond donors (Lipinski definition) is 2. The zero-order chi connectivity index (χ0) is 36.3. The van der Waals surface area contributed by atoms with Crippen molar-refractivity contribution in [1.29, 1.82) is 0 Å². The molecule has 3 N–H and O–H groups in total. The second-order valence-corrected chi connectivity index (χ2v) is 10.6. The summed E-state index contributed by atoms with van der Waals surface area (Å²) >= 11 is 0. The molecule has 0 saturated carbocycles. The van der Waals surface area contributed by atoms with Crippen LogP contribution in [0.2, 0.25) is 0 Å². The highest BCUT2D eigenvalue weighted by Crippen LogP contribution is 2.19. The minimum atomic E-state index is -0.110. The number of amides is 1. The summed E-state index contributed by atoms with van der Waals surface area (Å²) < 4.78 is 66.0. The highest BCUT2D eigenvalue weighted by molar-refractivity contribution is 5.88. The standard InChI is InChI=1S/C36H58N2O13/c1-32(39)38-33-6-8-34(9-7-33)50-30-28-48-26-24-46-22-20-44-18-16-42-14-12-40-10-11-41-13-15-43-17-19-45-21-23-47-25-27-49-29-31-51-36-5-3-2-4-35(36)37/h2-9H,10-31,37H2,1H3,(H,38,39). The van der Waals surface area contributed by atoms with E-state index in [4.69, 9.17) is 62.6 Å². The van der Waals surface area contributed by atoms with Crippen LogP contribution in [-0.4, -0.2) is 151 Å². The molecule has 0 radical (unpaired) electrons. The maximum absolute atomic E-state index is 11.0. The van der Waals surface area contributed by atoms with Crippen molar-refractivity contribution < 1.29 is 61.6 Å². The largest absolute Gasteiger partial charge is 0.491 e. The van der Waals surface area contributed by atoms with Gasteiger partial charge in [0.1, 0.15) is 24.7 Å². The molecule has 0 aromatic heterocycles. The summed E-state index contributed by atoms with van der Waals surface area (Å²) in [7, 11) is 0. The second kappa shape index (κ2) is 32.8. The first-order chi connectivity index (χ1) is 25.1. The van der Waals surface area contributed by atoms with Crippen LogP contribution in [0.1, 0.15) is 6.92 Å². The van der Waals surface area contributed by atoms with Gasteiger partial charge in [-0.25, -0.2) is 0 Å². The van der Waals surface area contributed by atoms with Crippen molar-refractivity contribution in [2.45, 2.75) is 6.92 Å². The molecule has 0 aliphatic rings. The molecule has 290 valence electrons. The predicted molar refractivity (Wildman–Crippen MR) is 191 cm³/mol. The summed E-state index contributed by atoms with van der Waals surface area (Å²) in [6.07, 6.45) is 0. The van der Waals surface area contributed by atoms with Gasteiger partial charge in [-0.1, -0.05) is 12.1 Å². The van der Waals surface area contributed by atoms with Gasteiger partial charge >= 0.3 is 0 Å². The van der Waals surface area contributed by atoms with Gasteiger partial charge in [0.2, 0.25) is 5.91 Å². The van der Waals surface area contributed by atoms with Gasteiger partial charge in [0.05, 0.1) is 138 Å². The van der Waals surface area contributed by atoms with Gasteiger partial charge in [0.15, 0.2) is 0 Å². The van der Waals surface area contributed by atoms with Crippen LogP contribution in [0, 0.1) is 0 Å². The Morgan fingerprint density at radius 1 is 0.451 bits per heavy atom. The minimum absolute atomic E-state index is 0.110. The van der Waals surface area contributed by atoms with Gasteiger partial charge in [0, 0.05) is 12.6 Å². The molecule has 0 saturated heterocycles. The molecule has 0 bridgehead atoms. The van der Waals surface area contributed by atoms with E-state index in [0.717, 1.165) is 5.69 Å². The van der Waals surface area contributed by atoms with E-state index in [1.54, 1.807) is 30.3 Å². The van der Waals surface area contributed by atoms with Crippen LogP contribution >= 0.6 is 0 Å². The Balaban J connectivity index is 1.16. The Morgan fingerprint density at radius 2 is 0.765 bits per heavy atom. The van der Waals surface area contributed by atoms with E-state index in [9.17, 15) is 4.79 Å². The lowest BCUT2D eigenvalue weighted by Crippen LogP contribution is -2.15. The first kappa shape index (κ1) is 44.1. The summed E-state index contributed by atoms with van der Waals surface area (Å²) in [5, 5.41) is 2.71. The smallest absolute Gasteiger partial charge is 0.221 e. The molecule has 2 aromatic carbocycles. The molecule has 0 atom stereocenters. The lowest BCUT2D eigenvalue weighted by atomic mass is 10.3. The van der Waals surface area contributed by atoms with Crippen LogP contribution in [0.4, 0.5) is 11.4 Å². The van der Waals surface area contributed by atoms with E-state index < -0.39 is 0 Å². The third-order valence-electron chi connectivity index (χ3n) is 6.42. The van der Waals surface area contributed by atoms with Gasteiger partial charge in [-0.15, -0.1) is 0 Å². The molecule has 0 spiro atoms. The van der Waals surface area contributed by atoms with Crippen LogP contribution in [0.3, 0.4) is 0 Å². The molecule has 2 rings (SSSR count). The number of nitrogen functional groups attached to an aromatic ring is 1. The molecule has 0 heterocycles. The normalized spacial score (nSPS) is 11.2. The molecule has 2 aromatic rings. The number of carbonyl (C=O) groups excluding carboxylic acids is 1. The first-order valence-electron chi connectivity index (χ1n) is 17.4. The fourth-order valence-corrected chi connectivity index (χ4v) is 3.96. The molecule has 0 unspecified atom stereocenters. The maximum atomic E-state index is 11.0. The Morgan fingerprint density at radius 3 is 1.10 bits per heavy atom. The quantitative estimate of drug-likeness (QED) is 0.0778. The molecule has 15 nitrogen and oxygen atoms in total. The first-order valence-corrected chi connectivity index (χ1v) is 17.4. The number of nitrogens with one attached hydrogen (secondary N) is 1. The van der Waals surface area contributed by atoms with Gasteiger partial charge < -0.3 is 67.9 Å². The van der Waals surface area contributed by atoms with E-state index in [2.05, 4.69) is 5.32 Å². The van der Waals surface area contributed by atoms with Crippen molar-refractivity contribution in [1.82, 2.24) is 0 Å². The van der Waals surface area contributed by atoms with Crippen molar-refractivity contribution in [3.8, 4) is 11.5 Å². The third-order valence-corrected chi connectivity index (χ3v) is 6.42. The lowest BCUT2D eigenvalue weighted by Gasteiger charge is -2.10. The molecule has 0 fully saturated rings. The van der Waals surface area contributed by atoms with Crippen LogP contribution in [-0.2, 0) is 52.2 Å². The number of hydrogen-bond acceptors (Lipinski definition) is 14. The Labute approximate surface area is 302 Å². The summed E-state index contributed by atoms with van der Waals surface area (Å²) in [4.78, 5) is 11.0. The number of carbonyl (C=O) groups is 1. The van der Waals surface area contributed by atoms with E-state index in [1.807, 2.05) is 18.2 Å². The van der Waals surface area contributed by atoms with Crippen molar-refractivity contribution >= 4 is 17.3 Å². The Kier molecular flexibility index (Phi) is 28.3. The highest BCUT2D eigenvalue weighted by atomic mass is 16.6. The maximum Gasteiger partial charge on any atom is 0.221 e. The van der Waals surface area contributed by atoms with E-state index in [-0.39, 0.29) is 5.91 Å². The van der Waals surface area contributed by atoms with Gasteiger partial charge in [-0.05, 0) is 36.4 Å². The number of anilines is 2. The van der Waals surface area contributed by atoms with Crippen LogP contribution in [0.15, 0.2) is 48.5 Å². The van der Waals surface area contributed by atoms with Gasteiger partial charge in [-0.2, -0.15) is 0 Å². The average molecular weight is 727 g/mol. The SMILES string of the molecule is CC(=O)Nc1ccc(OCCOCCOCCOCCOCCOCCOCCOCCOCCOCCOCCOc2ccccc2N)cc1. The van der Waals surface area contributed by atoms with E-state index in [1.165, 1.54) is 6.92 Å². The Hall–Kier alpha value is -3.09. The molecule has 15 heteroatoms. The number of benzene rings is 2. The zero-order valence-electron chi connectivity index (χ0n) is 30.1. The summed E-state index contributed by atoms with van der Waals surface area (Å²) in [6.45, 7) is 12.1. The average Bonchev–Trinajstić information content (AvgIpc) is 3.13. The van der Waals surface area contributed by atoms with E-state index >= 15 is 0 Å². The fourth-order valence-electron chi connectivity index (χ4n) is 3.96. The predicted octanol–water partition coefficient (Wildman–Crippen LogP) is 2.85. The zero-order valence-corrected chi connectivity index (χ0v) is 30.1. The minimum Gasteiger partial charge on any atom is -0.491 e. The van der Waals surface area contributed by atoms with Crippen molar-refractivity contribution in [2.24, 2.45) is 0 Å². The third kappa shape index (κ3) is 27.3. The summed E-state index contributed by atoms with van der Waals surface area (Å²) in [5.74, 6) is 1.27. The van der Waals surface area contributed by atoms with Crippen LogP contribution in [0.25, 0.3) is 0 Å². The van der Waals surface area contributed by atoms with Gasteiger partial charge in [-0.3, -0.25) is 4.79 Å². The van der Waals surface area contributed by atoms with Crippen molar-refractivity contribution in [3.05, 3.63) is 48.5 Å². The molecule has 0 aliphatic heterocycles. The number of para-hydroxylation sites is 2. The fraction of sp³-hybridized carbons (Fsp3) is 0.639. The topological polar surface area (TPSA) is 166 Å². The monoisotopic (exact) mass is 726 g/mol. The lowest BCUT2D eigenvalue weighted by molar-refractivity contribution is -0.114. The number of ether oxygens (including phenoxy) is 12. The summed E-state index contributed by atoms with van der Waals surface area (Å²) in [5.41, 5.74) is 7.17. The van der Waals surface area contributed by atoms with Crippen LogP contribution < -0.4 is 20.5 Å². The van der Waals surface area contributed by atoms with Crippen LogP contribution in [0.5, 0.6) is 11.5 Å². The summed E-state index contributed by atoms with van der Waals surface area (Å²) in [6, 6.07) is 14.5.